The van der Waals surface area contributed by atoms with Crippen LogP contribution in [0.15, 0.2) is 0 Å². The summed E-state index contributed by atoms with van der Waals surface area (Å²) < 4.78 is 32.2. The molecule has 1 saturated heterocycles. The van der Waals surface area contributed by atoms with Crippen molar-refractivity contribution >= 4 is 33.2 Å². The molecule has 1 aromatic heterocycles. The lowest BCUT2D eigenvalue weighted by molar-refractivity contribution is -0.136. The highest BCUT2D eigenvalue weighted by molar-refractivity contribution is 7.91. The molecule has 1 aromatic rings. The van der Waals surface area contributed by atoms with Gasteiger partial charge in [0, 0.05) is 12.6 Å². The predicted molar refractivity (Wildman–Crippen MR) is 93.2 cm³/mol. The van der Waals surface area contributed by atoms with Crippen molar-refractivity contribution in [3.8, 4) is 0 Å². The quantitative estimate of drug-likeness (QED) is 0.612. The molecule has 0 saturated carbocycles. The molecule has 2 heterocycles. The van der Waals surface area contributed by atoms with Crippen LogP contribution in [-0.2, 0) is 25.8 Å². The smallest absolute Gasteiger partial charge is 0.352 e. The largest absolute Gasteiger partial charge is 0.451 e. The normalized spacial score (nSPS) is 18.9. The van der Waals surface area contributed by atoms with Crippen molar-refractivity contribution in [2.45, 2.75) is 45.6 Å². The molecule has 0 spiro atoms. The molecule has 1 aliphatic heterocycles. The summed E-state index contributed by atoms with van der Waals surface area (Å²) in [6.45, 7) is 3.92. The van der Waals surface area contributed by atoms with Crippen LogP contribution in [0, 0.1) is 0 Å². The third kappa shape index (κ3) is 5.21. The number of ether oxygens (including phenoxy) is 1. The Kier molecular flexibility index (Phi) is 6.88. The van der Waals surface area contributed by atoms with Gasteiger partial charge in [0.15, 0.2) is 21.3 Å². The maximum atomic E-state index is 12.5. The first-order chi connectivity index (χ1) is 11.9. The minimum atomic E-state index is -3.09. The van der Waals surface area contributed by atoms with E-state index in [1.165, 1.54) is 0 Å². The summed E-state index contributed by atoms with van der Waals surface area (Å²) in [5.41, 5.74) is 0.548. The zero-order valence-electron chi connectivity index (χ0n) is 14.4. The molecule has 25 heavy (non-hydrogen) atoms. The van der Waals surface area contributed by atoms with Crippen molar-refractivity contribution < 1.29 is 22.7 Å². The number of hydrogen-bond acceptors (Lipinski definition) is 8. The summed E-state index contributed by atoms with van der Waals surface area (Å²) in [5, 5.41) is 3.84. The molecule has 1 aliphatic rings. The highest BCUT2D eigenvalue weighted by Gasteiger charge is 2.34. The van der Waals surface area contributed by atoms with Crippen LogP contribution in [0.5, 0.6) is 0 Å². The summed E-state index contributed by atoms with van der Waals surface area (Å²) in [5.74, 6) is -0.899. The second-order valence-electron chi connectivity index (χ2n) is 5.98. The van der Waals surface area contributed by atoms with Crippen molar-refractivity contribution in [3.05, 3.63) is 10.6 Å². The molecule has 0 bridgehead atoms. The maximum Gasteiger partial charge on any atom is 0.352 e. The van der Waals surface area contributed by atoms with Gasteiger partial charge in [0.1, 0.15) is 0 Å². The monoisotopic (exact) mass is 389 g/mol. The van der Waals surface area contributed by atoms with Crippen molar-refractivity contribution in [2.75, 3.05) is 24.7 Å². The first kappa shape index (κ1) is 19.8. The van der Waals surface area contributed by atoms with Crippen LogP contribution >= 0.6 is 11.5 Å². The molecule has 10 heteroatoms. The highest BCUT2D eigenvalue weighted by atomic mass is 32.2. The fraction of sp³-hybridized carbons (Fsp3) is 0.733. The number of amides is 1. The van der Waals surface area contributed by atoms with E-state index in [1.54, 1.807) is 4.90 Å². The van der Waals surface area contributed by atoms with Crippen molar-refractivity contribution in [3.63, 3.8) is 0 Å². The van der Waals surface area contributed by atoms with E-state index in [1.807, 2.05) is 13.8 Å². The molecule has 1 atom stereocenters. The molecular weight excluding hydrogens is 366 g/mol. The summed E-state index contributed by atoms with van der Waals surface area (Å²) in [6.07, 6.45) is 2.65. The van der Waals surface area contributed by atoms with Crippen molar-refractivity contribution in [2.24, 2.45) is 0 Å². The fourth-order valence-electron chi connectivity index (χ4n) is 2.73. The maximum absolute atomic E-state index is 12.5. The summed E-state index contributed by atoms with van der Waals surface area (Å²) >= 11 is 0.941. The zero-order valence-corrected chi connectivity index (χ0v) is 16.1. The van der Waals surface area contributed by atoms with E-state index >= 15 is 0 Å². The van der Waals surface area contributed by atoms with Gasteiger partial charge in [-0.3, -0.25) is 4.79 Å². The van der Waals surface area contributed by atoms with Crippen LogP contribution in [0.25, 0.3) is 0 Å². The second kappa shape index (κ2) is 8.70. The Morgan fingerprint density at radius 2 is 2.12 bits per heavy atom. The average molecular weight is 389 g/mol. The Bertz CT molecular complexity index is 717. The molecule has 1 fully saturated rings. The molecule has 0 N–H and O–H groups in total. The van der Waals surface area contributed by atoms with Gasteiger partial charge < -0.3 is 9.64 Å². The van der Waals surface area contributed by atoms with Crippen LogP contribution in [0.1, 0.15) is 48.5 Å². The number of aromatic nitrogens is 2. The van der Waals surface area contributed by atoms with E-state index in [9.17, 15) is 18.0 Å². The lowest BCUT2D eigenvalue weighted by Crippen LogP contribution is -2.43. The minimum Gasteiger partial charge on any atom is -0.451 e. The standard InChI is InChI=1S/C15H23N3O5S2/c1-3-5-7-18(11-6-8-25(21,22)10-11)13(19)9-23-15(20)14-12(4-2)16-17-24-14/h11H,3-10H2,1-2H3. The molecule has 0 radical (unpaired) electrons. The number of rotatable bonds is 8. The van der Waals surface area contributed by atoms with E-state index in [2.05, 4.69) is 9.59 Å². The van der Waals surface area contributed by atoms with Crippen LogP contribution < -0.4 is 0 Å². The van der Waals surface area contributed by atoms with Gasteiger partial charge in [-0.25, -0.2) is 13.2 Å². The number of aryl methyl sites for hydroxylation is 1. The highest BCUT2D eigenvalue weighted by Crippen LogP contribution is 2.19. The number of carbonyl (C=O) groups excluding carboxylic acids is 2. The predicted octanol–water partition coefficient (Wildman–Crippen LogP) is 1.07. The first-order valence-electron chi connectivity index (χ1n) is 8.36. The average Bonchev–Trinajstić information content (AvgIpc) is 3.19. The van der Waals surface area contributed by atoms with Crippen molar-refractivity contribution in [1.29, 1.82) is 0 Å². The van der Waals surface area contributed by atoms with E-state index in [0.717, 1.165) is 24.4 Å². The van der Waals surface area contributed by atoms with Crippen LogP contribution in [-0.4, -0.2) is 65.5 Å². The molecule has 0 aromatic carbocycles. The van der Waals surface area contributed by atoms with Gasteiger partial charge in [0.05, 0.1) is 17.2 Å². The summed E-state index contributed by atoms with van der Waals surface area (Å²) in [7, 11) is -3.09. The third-order valence-electron chi connectivity index (χ3n) is 4.12. The minimum absolute atomic E-state index is 0.0187. The number of esters is 1. The Balaban J connectivity index is 1.98. The SMILES string of the molecule is CCCCN(C(=O)COC(=O)c1snnc1CC)C1CCS(=O)(=O)C1. The van der Waals surface area contributed by atoms with Gasteiger partial charge in [-0.05, 0) is 30.8 Å². The Morgan fingerprint density at radius 3 is 2.72 bits per heavy atom. The van der Waals surface area contributed by atoms with Crippen LogP contribution in [0.4, 0.5) is 0 Å². The third-order valence-corrected chi connectivity index (χ3v) is 6.62. The number of hydrogen-bond donors (Lipinski definition) is 0. The van der Waals surface area contributed by atoms with Gasteiger partial charge in [0.25, 0.3) is 5.91 Å². The van der Waals surface area contributed by atoms with Crippen LogP contribution in [0.2, 0.25) is 0 Å². The van der Waals surface area contributed by atoms with Gasteiger partial charge >= 0.3 is 5.97 Å². The number of nitrogens with zero attached hydrogens (tertiary/aromatic N) is 3. The molecule has 8 nitrogen and oxygen atoms in total. The molecule has 2 rings (SSSR count). The fourth-order valence-corrected chi connectivity index (χ4v) is 5.11. The van der Waals surface area contributed by atoms with Crippen molar-refractivity contribution in [1.82, 2.24) is 14.5 Å². The number of unbranched alkanes of at least 4 members (excludes halogenated alkanes) is 1. The molecular formula is C15H23N3O5S2. The van der Waals surface area contributed by atoms with Crippen LogP contribution in [0.3, 0.4) is 0 Å². The molecule has 0 aliphatic carbocycles. The lowest BCUT2D eigenvalue weighted by Gasteiger charge is -2.28. The van der Waals surface area contributed by atoms with Gasteiger partial charge in [-0.2, -0.15) is 0 Å². The Morgan fingerprint density at radius 1 is 1.36 bits per heavy atom. The first-order valence-corrected chi connectivity index (χ1v) is 11.0. The lowest BCUT2D eigenvalue weighted by atomic mass is 10.2. The molecule has 140 valence electrons. The summed E-state index contributed by atoms with van der Waals surface area (Å²) in [6, 6.07) is -0.334. The van der Waals surface area contributed by atoms with E-state index < -0.39 is 22.4 Å². The number of carbonyl (C=O) groups is 2. The molecule has 1 unspecified atom stereocenters. The van der Waals surface area contributed by atoms with E-state index in [4.69, 9.17) is 4.74 Å². The van der Waals surface area contributed by atoms with Gasteiger partial charge in [-0.1, -0.05) is 24.8 Å². The zero-order chi connectivity index (χ0) is 18.4. The number of sulfone groups is 1. The van der Waals surface area contributed by atoms with Gasteiger partial charge in [0.2, 0.25) is 0 Å². The Hall–Kier alpha value is -1.55. The topological polar surface area (TPSA) is 107 Å². The molecule has 1 amide bonds. The second-order valence-corrected chi connectivity index (χ2v) is 8.96. The van der Waals surface area contributed by atoms with E-state index in [-0.39, 0.29) is 23.5 Å². The van der Waals surface area contributed by atoms with Gasteiger partial charge in [-0.15, -0.1) is 5.10 Å². The Labute approximate surface area is 151 Å². The van der Waals surface area contributed by atoms with E-state index in [0.29, 0.717) is 30.0 Å². The summed E-state index contributed by atoms with van der Waals surface area (Å²) in [4.78, 5) is 26.4.